The van der Waals surface area contributed by atoms with E-state index in [-0.39, 0.29) is 36.1 Å². The second-order valence-corrected chi connectivity index (χ2v) is 4.82. The molecule has 1 heterocycles. The third-order valence-corrected chi connectivity index (χ3v) is 3.73. The molecule has 2 amide bonds. The van der Waals surface area contributed by atoms with Gasteiger partial charge in [0.25, 0.3) is 0 Å². The Labute approximate surface area is 96.6 Å². The molecule has 0 spiro atoms. The summed E-state index contributed by atoms with van der Waals surface area (Å²) < 4.78 is 0. The van der Waals surface area contributed by atoms with Crippen molar-refractivity contribution in [3.63, 3.8) is 0 Å². The Morgan fingerprint density at radius 2 is 1.69 bits per heavy atom. The Kier molecular flexibility index (Phi) is 4.08. The molecule has 0 aliphatic carbocycles. The number of aliphatic hydroxyl groups is 1. The lowest BCUT2D eigenvalue weighted by atomic mass is 10.00. The molecule has 4 nitrogen and oxygen atoms in total. The van der Waals surface area contributed by atoms with E-state index in [1.165, 1.54) is 4.90 Å². The van der Waals surface area contributed by atoms with Crippen molar-refractivity contribution in [2.45, 2.75) is 40.2 Å². The summed E-state index contributed by atoms with van der Waals surface area (Å²) in [6, 6.07) is 0. The lowest BCUT2D eigenvalue weighted by Gasteiger charge is -2.22. The SMILES string of the molecule is CCC(C)C(O)CN1C(=O)C(C)C(C)C1=O. The van der Waals surface area contributed by atoms with Crippen LogP contribution in [0.25, 0.3) is 0 Å². The zero-order valence-electron chi connectivity index (χ0n) is 10.4. The van der Waals surface area contributed by atoms with Gasteiger partial charge in [0.15, 0.2) is 0 Å². The van der Waals surface area contributed by atoms with Crippen molar-refractivity contribution >= 4 is 11.8 Å². The molecule has 0 aromatic heterocycles. The number of likely N-dealkylation sites (tertiary alicyclic amines) is 1. The number of nitrogens with zero attached hydrogens (tertiary/aromatic N) is 1. The Bertz CT molecular complexity index is 270. The smallest absolute Gasteiger partial charge is 0.232 e. The number of amides is 2. The van der Waals surface area contributed by atoms with Crippen LogP contribution in [0.15, 0.2) is 0 Å². The number of carbonyl (C=O) groups is 2. The molecular weight excluding hydrogens is 206 g/mol. The third kappa shape index (κ3) is 2.26. The molecule has 4 unspecified atom stereocenters. The maximum absolute atomic E-state index is 11.8. The number of hydrogen-bond donors (Lipinski definition) is 1. The lowest BCUT2D eigenvalue weighted by Crippen LogP contribution is -2.40. The van der Waals surface area contributed by atoms with E-state index in [9.17, 15) is 14.7 Å². The van der Waals surface area contributed by atoms with E-state index in [0.29, 0.717) is 0 Å². The standard InChI is InChI=1S/C12H21NO3/c1-5-7(2)10(14)6-13-11(15)8(3)9(4)12(13)16/h7-10,14H,5-6H2,1-4H3. The molecule has 4 atom stereocenters. The fraction of sp³-hybridized carbons (Fsp3) is 0.833. The first-order valence-corrected chi connectivity index (χ1v) is 5.93. The van der Waals surface area contributed by atoms with Crippen LogP contribution in [-0.2, 0) is 9.59 Å². The van der Waals surface area contributed by atoms with E-state index in [1.807, 2.05) is 13.8 Å². The summed E-state index contributed by atoms with van der Waals surface area (Å²) in [4.78, 5) is 24.7. The van der Waals surface area contributed by atoms with Crippen molar-refractivity contribution in [1.82, 2.24) is 4.90 Å². The Balaban J connectivity index is 2.68. The molecule has 0 bridgehead atoms. The molecule has 0 radical (unpaired) electrons. The maximum Gasteiger partial charge on any atom is 0.232 e. The van der Waals surface area contributed by atoms with Crippen LogP contribution < -0.4 is 0 Å². The number of aliphatic hydroxyl groups excluding tert-OH is 1. The topological polar surface area (TPSA) is 57.6 Å². The van der Waals surface area contributed by atoms with Gasteiger partial charge in [-0.1, -0.05) is 34.1 Å². The number of carbonyl (C=O) groups excluding carboxylic acids is 2. The molecule has 1 fully saturated rings. The quantitative estimate of drug-likeness (QED) is 0.730. The van der Waals surface area contributed by atoms with E-state index in [0.717, 1.165) is 6.42 Å². The van der Waals surface area contributed by atoms with Gasteiger partial charge in [-0.15, -0.1) is 0 Å². The van der Waals surface area contributed by atoms with Crippen LogP contribution in [0.3, 0.4) is 0 Å². The summed E-state index contributed by atoms with van der Waals surface area (Å²) in [6.45, 7) is 7.57. The Morgan fingerprint density at radius 3 is 2.06 bits per heavy atom. The largest absolute Gasteiger partial charge is 0.391 e. The molecule has 16 heavy (non-hydrogen) atoms. The van der Waals surface area contributed by atoms with Crippen LogP contribution in [0.4, 0.5) is 0 Å². The molecule has 0 saturated carbocycles. The second-order valence-electron chi connectivity index (χ2n) is 4.82. The summed E-state index contributed by atoms with van der Waals surface area (Å²) >= 11 is 0. The minimum absolute atomic E-state index is 0.104. The fourth-order valence-electron chi connectivity index (χ4n) is 1.85. The van der Waals surface area contributed by atoms with Crippen LogP contribution in [0.1, 0.15) is 34.1 Å². The van der Waals surface area contributed by atoms with E-state index in [2.05, 4.69) is 0 Å². The summed E-state index contributed by atoms with van der Waals surface area (Å²) in [5.74, 6) is -0.709. The van der Waals surface area contributed by atoms with Gasteiger partial charge < -0.3 is 5.11 Å². The van der Waals surface area contributed by atoms with Crippen molar-refractivity contribution in [3.8, 4) is 0 Å². The summed E-state index contributed by atoms with van der Waals surface area (Å²) in [6.07, 6.45) is 0.220. The summed E-state index contributed by atoms with van der Waals surface area (Å²) in [7, 11) is 0. The van der Waals surface area contributed by atoms with Crippen molar-refractivity contribution in [1.29, 1.82) is 0 Å². The van der Waals surface area contributed by atoms with Crippen LogP contribution in [0, 0.1) is 17.8 Å². The molecule has 1 aliphatic heterocycles. The van der Waals surface area contributed by atoms with Gasteiger partial charge in [-0.3, -0.25) is 14.5 Å². The monoisotopic (exact) mass is 227 g/mol. The van der Waals surface area contributed by atoms with Gasteiger partial charge in [-0.25, -0.2) is 0 Å². The van der Waals surface area contributed by atoms with E-state index < -0.39 is 6.10 Å². The second kappa shape index (κ2) is 4.95. The first-order valence-electron chi connectivity index (χ1n) is 5.93. The molecule has 1 N–H and O–H groups in total. The highest BCUT2D eigenvalue weighted by Gasteiger charge is 2.42. The summed E-state index contributed by atoms with van der Waals surface area (Å²) in [5, 5.41) is 9.84. The van der Waals surface area contributed by atoms with Gasteiger partial charge in [0, 0.05) is 11.8 Å². The number of imide groups is 1. The van der Waals surface area contributed by atoms with Crippen LogP contribution >= 0.6 is 0 Å². The fourth-order valence-corrected chi connectivity index (χ4v) is 1.85. The predicted molar refractivity (Wildman–Crippen MR) is 60.5 cm³/mol. The predicted octanol–water partition coefficient (Wildman–Crippen LogP) is 1.03. The highest BCUT2D eigenvalue weighted by molar-refractivity contribution is 6.04. The van der Waals surface area contributed by atoms with Gasteiger partial charge in [-0.05, 0) is 5.92 Å². The third-order valence-electron chi connectivity index (χ3n) is 3.73. The first kappa shape index (κ1) is 13.2. The van der Waals surface area contributed by atoms with Crippen molar-refractivity contribution < 1.29 is 14.7 Å². The van der Waals surface area contributed by atoms with E-state index in [4.69, 9.17) is 0 Å². The first-order chi connectivity index (χ1) is 7.40. The number of rotatable bonds is 4. The zero-order chi connectivity index (χ0) is 12.5. The molecule has 0 aromatic carbocycles. The van der Waals surface area contributed by atoms with Gasteiger partial charge in [0.05, 0.1) is 12.6 Å². The zero-order valence-corrected chi connectivity index (χ0v) is 10.4. The lowest BCUT2D eigenvalue weighted by molar-refractivity contribution is -0.141. The Morgan fingerprint density at radius 1 is 1.25 bits per heavy atom. The molecule has 1 saturated heterocycles. The molecule has 1 rings (SSSR count). The van der Waals surface area contributed by atoms with Crippen LogP contribution in [-0.4, -0.2) is 34.5 Å². The highest BCUT2D eigenvalue weighted by Crippen LogP contribution is 2.26. The van der Waals surface area contributed by atoms with Crippen LogP contribution in [0.2, 0.25) is 0 Å². The molecular formula is C12H21NO3. The Hall–Kier alpha value is -0.900. The van der Waals surface area contributed by atoms with E-state index in [1.54, 1.807) is 13.8 Å². The minimum atomic E-state index is -0.615. The normalized spacial score (nSPS) is 29.7. The van der Waals surface area contributed by atoms with Gasteiger partial charge >= 0.3 is 0 Å². The number of β-amino-alcohol motifs (C(OH)–C–C–N with tert-alkyl or cyclic N) is 1. The molecule has 1 aliphatic rings. The highest BCUT2D eigenvalue weighted by atomic mass is 16.3. The average molecular weight is 227 g/mol. The van der Waals surface area contributed by atoms with Crippen molar-refractivity contribution in [2.24, 2.45) is 17.8 Å². The number of hydrogen-bond acceptors (Lipinski definition) is 3. The van der Waals surface area contributed by atoms with Gasteiger partial charge in [0.1, 0.15) is 0 Å². The molecule has 92 valence electrons. The molecule has 0 aromatic rings. The van der Waals surface area contributed by atoms with E-state index >= 15 is 0 Å². The summed E-state index contributed by atoms with van der Waals surface area (Å²) in [5.41, 5.74) is 0. The van der Waals surface area contributed by atoms with Crippen LogP contribution in [0.5, 0.6) is 0 Å². The van der Waals surface area contributed by atoms with Gasteiger partial charge in [-0.2, -0.15) is 0 Å². The van der Waals surface area contributed by atoms with Crippen molar-refractivity contribution in [3.05, 3.63) is 0 Å². The minimum Gasteiger partial charge on any atom is -0.391 e. The van der Waals surface area contributed by atoms with Gasteiger partial charge in [0.2, 0.25) is 11.8 Å². The maximum atomic E-state index is 11.8. The average Bonchev–Trinajstić information content (AvgIpc) is 2.45. The molecule has 4 heteroatoms. The van der Waals surface area contributed by atoms with Crippen molar-refractivity contribution in [2.75, 3.05) is 6.54 Å².